The summed E-state index contributed by atoms with van der Waals surface area (Å²) < 4.78 is 13.6. The highest BCUT2D eigenvalue weighted by atomic mass is 35.5. The fourth-order valence-electron chi connectivity index (χ4n) is 1.96. The molecule has 0 aliphatic rings. The molecule has 0 radical (unpaired) electrons. The Morgan fingerprint density at radius 3 is 2.80 bits per heavy atom. The lowest BCUT2D eigenvalue weighted by Crippen LogP contribution is -2.14. The smallest absolute Gasteiger partial charge is 0.249 e. The SMILES string of the molecule is Cc1c(NCc2cc(Cl)ccc2F)cccc1C(N)=O. The first kappa shape index (κ1) is 14.3. The first-order valence-electron chi connectivity index (χ1n) is 6.06. The van der Waals surface area contributed by atoms with Gasteiger partial charge in [-0.05, 0) is 42.8 Å². The van der Waals surface area contributed by atoms with Crippen LogP contribution in [0.3, 0.4) is 0 Å². The van der Waals surface area contributed by atoms with E-state index in [1.54, 1.807) is 25.1 Å². The molecule has 2 rings (SSSR count). The number of hydrogen-bond acceptors (Lipinski definition) is 2. The first-order chi connectivity index (χ1) is 9.49. The van der Waals surface area contributed by atoms with Crippen LogP contribution in [0.25, 0.3) is 0 Å². The van der Waals surface area contributed by atoms with E-state index in [0.29, 0.717) is 16.1 Å². The molecule has 0 spiro atoms. The van der Waals surface area contributed by atoms with Gasteiger partial charge in [-0.2, -0.15) is 0 Å². The van der Waals surface area contributed by atoms with Gasteiger partial charge in [0.25, 0.3) is 0 Å². The average Bonchev–Trinajstić information content (AvgIpc) is 2.41. The van der Waals surface area contributed by atoms with Crippen LogP contribution in [0.4, 0.5) is 10.1 Å². The van der Waals surface area contributed by atoms with Crippen LogP contribution in [0.1, 0.15) is 21.5 Å². The summed E-state index contributed by atoms with van der Waals surface area (Å²) in [4.78, 5) is 11.3. The Kier molecular flexibility index (Phi) is 4.25. The molecular formula is C15H14ClFN2O. The third-order valence-corrected chi connectivity index (χ3v) is 3.31. The van der Waals surface area contributed by atoms with Gasteiger partial charge in [-0.3, -0.25) is 4.79 Å². The molecule has 0 aliphatic heterocycles. The van der Waals surface area contributed by atoms with Gasteiger partial charge in [0.1, 0.15) is 5.82 Å². The van der Waals surface area contributed by atoms with E-state index in [0.717, 1.165) is 11.3 Å². The summed E-state index contributed by atoms with van der Waals surface area (Å²) in [6.45, 7) is 2.06. The van der Waals surface area contributed by atoms with Crippen molar-refractivity contribution >= 4 is 23.2 Å². The maximum absolute atomic E-state index is 13.6. The van der Waals surface area contributed by atoms with Crippen LogP contribution >= 0.6 is 11.6 Å². The maximum Gasteiger partial charge on any atom is 0.249 e. The minimum atomic E-state index is -0.486. The van der Waals surface area contributed by atoms with Crippen LogP contribution in [-0.2, 0) is 6.54 Å². The quantitative estimate of drug-likeness (QED) is 0.906. The van der Waals surface area contributed by atoms with E-state index in [1.807, 2.05) is 6.07 Å². The Morgan fingerprint density at radius 2 is 2.10 bits per heavy atom. The highest BCUT2D eigenvalue weighted by Crippen LogP contribution is 2.21. The van der Waals surface area contributed by atoms with Gasteiger partial charge in [0.2, 0.25) is 5.91 Å². The highest BCUT2D eigenvalue weighted by molar-refractivity contribution is 6.30. The molecule has 3 nitrogen and oxygen atoms in total. The van der Waals surface area contributed by atoms with Crippen molar-refractivity contribution in [3.8, 4) is 0 Å². The van der Waals surface area contributed by atoms with Crippen LogP contribution in [0, 0.1) is 12.7 Å². The number of benzene rings is 2. The van der Waals surface area contributed by atoms with Crippen molar-refractivity contribution in [2.45, 2.75) is 13.5 Å². The predicted octanol–water partition coefficient (Wildman–Crippen LogP) is 3.50. The second kappa shape index (κ2) is 5.92. The van der Waals surface area contributed by atoms with E-state index in [2.05, 4.69) is 5.32 Å². The van der Waals surface area contributed by atoms with Crippen molar-refractivity contribution in [2.75, 3.05) is 5.32 Å². The van der Waals surface area contributed by atoms with Crippen LogP contribution < -0.4 is 11.1 Å². The van der Waals surface area contributed by atoms with Gasteiger partial charge in [-0.15, -0.1) is 0 Å². The minimum absolute atomic E-state index is 0.273. The third kappa shape index (κ3) is 3.08. The molecule has 0 aliphatic carbocycles. The molecule has 3 N–H and O–H groups in total. The summed E-state index contributed by atoms with van der Waals surface area (Å²) in [6, 6.07) is 9.58. The van der Waals surface area contributed by atoms with E-state index in [9.17, 15) is 9.18 Å². The lowest BCUT2D eigenvalue weighted by Gasteiger charge is -2.12. The maximum atomic E-state index is 13.6. The summed E-state index contributed by atoms with van der Waals surface area (Å²) in [5, 5.41) is 3.56. The van der Waals surface area contributed by atoms with Crippen molar-refractivity contribution in [3.63, 3.8) is 0 Å². The van der Waals surface area contributed by atoms with Crippen LogP contribution in [0.15, 0.2) is 36.4 Å². The summed E-state index contributed by atoms with van der Waals surface area (Å²) in [5.41, 5.74) is 7.67. The van der Waals surface area contributed by atoms with E-state index in [1.165, 1.54) is 12.1 Å². The molecule has 20 heavy (non-hydrogen) atoms. The number of carbonyl (C=O) groups is 1. The molecule has 104 valence electrons. The summed E-state index contributed by atoms with van der Waals surface area (Å²) in [7, 11) is 0. The zero-order valence-electron chi connectivity index (χ0n) is 10.9. The number of carbonyl (C=O) groups excluding carboxylic acids is 1. The number of primary amides is 1. The van der Waals surface area contributed by atoms with Gasteiger partial charge in [0.15, 0.2) is 0 Å². The average molecular weight is 293 g/mol. The topological polar surface area (TPSA) is 55.1 Å². The Balaban J connectivity index is 2.21. The van der Waals surface area contributed by atoms with Gasteiger partial charge in [-0.1, -0.05) is 17.7 Å². The van der Waals surface area contributed by atoms with E-state index in [-0.39, 0.29) is 12.4 Å². The van der Waals surface area contributed by atoms with Crippen molar-refractivity contribution < 1.29 is 9.18 Å². The third-order valence-electron chi connectivity index (χ3n) is 3.08. The molecule has 0 bridgehead atoms. The minimum Gasteiger partial charge on any atom is -0.381 e. The number of halogens is 2. The highest BCUT2D eigenvalue weighted by Gasteiger charge is 2.09. The predicted molar refractivity (Wildman–Crippen MR) is 78.4 cm³/mol. The molecule has 5 heteroatoms. The lowest BCUT2D eigenvalue weighted by molar-refractivity contribution is 0.1000. The molecule has 0 unspecified atom stereocenters. The first-order valence-corrected chi connectivity index (χ1v) is 6.44. The molecule has 0 aromatic heterocycles. The second-order valence-electron chi connectivity index (χ2n) is 4.43. The number of anilines is 1. The van der Waals surface area contributed by atoms with E-state index in [4.69, 9.17) is 17.3 Å². The van der Waals surface area contributed by atoms with Gasteiger partial charge in [0, 0.05) is 28.4 Å². The molecule has 2 aromatic rings. The molecule has 0 saturated heterocycles. The standard InChI is InChI=1S/C15H14ClFN2O/c1-9-12(15(18)20)3-2-4-14(9)19-8-10-7-11(16)5-6-13(10)17/h2-7,19H,8H2,1H3,(H2,18,20). The largest absolute Gasteiger partial charge is 0.381 e. The number of nitrogens with one attached hydrogen (secondary N) is 1. The summed E-state index contributed by atoms with van der Waals surface area (Å²) in [5.74, 6) is -0.814. The van der Waals surface area contributed by atoms with Crippen molar-refractivity contribution in [1.29, 1.82) is 0 Å². The summed E-state index contributed by atoms with van der Waals surface area (Å²) in [6.07, 6.45) is 0. The Labute approximate surface area is 121 Å². The van der Waals surface area contributed by atoms with Gasteiger partial charge in [0.05, 0.1) is 0 Å². The molecule has 1 amide bonds. The van der Waals surface area contributed by atoms with Crippen LogP contribution in [0.5, 0.6) is 0 Å². The monoisotopic (exact) mass is 292 g/mol. The van der Waals surface area contributed by atoms with Crippen molar-refractivity contribution in [3.05, 3.63) is 63.9 Å². The number of amides is 1. The zero-order chi connectivity index (χ0) is 14.7. The van der Waals surface area contributed by atoms with Gasteiger partial charge < -0.3 is 11.1 Å². The second-order valence-corrected chi connectivity index (χ2v) is 4.87. The van der Waals surface area contributed by atoms with Gasteiger partial charge >= 0.3 is 0 Å². The fourth-order valence-corrected chi connectivity index (χ4v) is 2.16. The fraction of sp³-hybridized carbons (Fsp3) is 0.133. The molecule has 0 atom stereocenters. The van der Waals surface area contributed by atoms with Crippen LogP contribution in [0.2, 0.25) is 5.02 Å². The van der Waals surface area contributed by atoms with Crippen molar-refractivity contribution in [2.24, 2.45) is 5.73 Å². The number of rotatable bonds is 4. The Hall–Kier alpha value is -2.07. The summed E-state index contributed by atoms with van der Waals surface area (Å²) >= 11 is 5.84. The number of nitrogens with two attached hydrogens (primary N) is 1. The molecule has 2 aromatic carbocycles. The zero-order valence-corrected chi connectivity index (χ0v) is 11.7. The molecular weight excluding hydrogens is 279 g/mol. The Bertz CT molecular complexity index is 658. The molecule has 0 saturated carbocycles. The molecule has 0 heterocycles. The van der Waals surface area contributed by atoms with Gasteiger partial charge in [-0.25, -0.2) is 4.39 Å². The Morgan fingerprint density at radius 1 is 1.35 bits per heavy atom. The van der Waals surface area contributed by atoms with E-state index < -0.39 is 5.91 Å². The number of hydrogen-bond donors (Lipinski definition) is 2. The lowest BCUT2D eigenvalue weighted by atomic mass is 10.1. The van der Waals surface area contributed by atoms with E-state index >= 15 is 0 Å². The molecule has 0 fully saturated rings. The normalized spacial score (nSPS) is 10.3. The van der Waals surface area contributed by atoms with Crippen molar-refractivity contribution in [1.82, 2.24) is 0 Å². The van der Waals surface area contributed by atoms with Crippen LogP contribution in [-0.4, -0.2) is 5.91 Å².